The summed E-state index contributed by atoms with van der Waals surface area (Å²) in [5.41, 5.74) is 8.08. The Morgan fingerprint density at radius 1 is 1.07 bits per heavy atom. The number of hydrazone groups is 1. The van der Waals surface area contributed by atoms with E-state index in [9.17, 15) is 9.59 Å². The van der Waals surface area contributed by atoms with Gasteiger partial charge in [0.2, 0.25) is 0 Å². The third-order valence-corrected chi connectivity index (χ3v) is 3.42. The molecule has 8 heteroatoms. The summed E-state index contributed by atoms with van der Waals surface area (Å²) in [5, 5.41) is 3.69. The van der Waals surface area contributed by atoms with Crippen molar-refractivity contribution in [1.29, 1.82) is 0 Å². The number of benzene rings is 2. The molecular weight excluding hydrogens is 362 g/mol. The number of amides is 2. The zero-order chi connectivity index (χ0) is 20.4. The van der Waals surface area contributed by atoms with Crippen molar-refractivity contribution in [2.75, 3.05) is 13.2 Å². The molecule has 0 aromatic heterocycles. The molecule has 0 aliphatic heterocycles. The third kappa shape index (κ3) is 6.31. The number of ether oxygens (including phenoxy) is 3. The second kappa shape index (κ2) is 10.6. The lowest BCUT2D eigenvalue weighted by Gasteiger charge is -2.11. The van der Waals surface area contributed by atoms with Gasteiger partial charge in [0, 0.05) is 0 Å². The van der Waals surface area contributed by atoms with E-state index in [1.54, 1.807) is 42.5 Å². The van der Waals surface area contributed by atoms with Crippen LogP contribution >= 0.6 is 0 Å². The fraction of sp³-hybridized carbons (Fsp3) is 0.250. The van der Waals surface area contributed by atoms with E-state index >= 15 is 0 Å². The molecule has 2 aromatic rings. The molecule has 0 saturated heterocycles. The van der Waals surface area contributed by atoms with Crippen molar-refractivity contribution in [1.82, 2.24) is 5.43 Å². The molecule has 0 radical (unpaired) electrons. The van der Waals surface area contributed by atoms with E-state index < -0.39 is 12.0 Å². The number of nitrogens with one attached hydrogen (secondary N) is 1. The molecule has 0 bridgehead atoms. The van der Waals surface area contributed by atoms with Gasteiger partial charge in [0.25, 0.3) is 0 Å². The van der Waals surface area contributed by atoms with Gasteiger partial charge in [-0.1, -0.05) is 6.92 Å². The molecule has 148 valence electrons. The number of hydrogen-bond donors (Lipinski definition) is 2. The molecule has 2 amide bonds. The largest absolute Gasteiger partial charge is 0.494 e. The molecule has 0 unspecified atom stereocenters. The van der Waals surface area contributed by atoms with Crippen molar-refractivity contribution < 1.29 is 23.8 Å². The van der Waals surface area contributed by atoms with Crippen molar-refractivity contribution in [2.45, 2.75) is 20.3 Å². The Morgan fingerprint density at radius 3 is 2.46 bits per heavy atom. The van der Waals surface area contributed by atoms with E-state index in [2.05, 4.69) is 10.5 Å². The van der Waals surface area contributed by atoms with Crippen LogP contribution in [0.15, 0.2) is 47.6 Å². The van der Waals surface area contributed by atoms with Crippen LogP contribution in [0.4, 0.5) is 4.79 Å². The van der Waals surface area contributed by atoms with Crippen molar-refractivity contribution in [2.24, 2.45) is 10.8 Å². The molecule has 3 N–H and O–H groups in total. The number of rotatable bonds is 9. The summed E-state index contributed by atoms with van der Waals surface area (Å²) in [6.07, 6.45) is 2.30. The van der Waals surface area contributed by atoms with E-state index in [0.717, 1.165) is 6.42 Å². The van der Waals surface area contributed by atoms with E-state index in [1.165, 1.54) is 6.21 Å². The lowest BCUT2D eigenvalue weighted by molar-refractivity contribution is 0.0728. The summed E-state index contributed by atoms with van der Waals surface area (Å²) in [6, 6.07) is 10.9. The van der Waals surface area contributed by atoms with Crippen LogP contribution < -0.4 is 25.4 Å². The molecule has 0 heterocycles. The highest BCUT2D eigenvalue weighted by molar-refractivity contribution is 5.91. The van der Waals surface area contributed by atoms with Crippen LogP contribution in [0.25, 0.3) is 0 Å². The van der Waals surface area contributed by atoms with Crippen LogP contribution in [0.3, 0.4) is 0 Å². The van der Waals surface area contributed by atoms with Crippen LogP contribution in [-0.2, 0) is 0 Å². The Kier molecular flexibility index (Phi) is 7.83. The molecule has 2 rings (SSSR count). The molecule has 0 aliphatic carbocycles. The maximum Gasteiger partial charge on any atom is 0.343 e. The average Bonchev–Trinajstić information content (AvgIpc) is 2.68. The Balaban J connectivity index is 2.11. The summed E-state index contributed by atoms with van der Waals surface area (Å²) in [7, 11) is 0. The van der Waals surface area contributed by atoms with E-state index in [1.807, 2.05) is 13.8 Å². The second-order valence-electron chi connectivity index (χ2n) is 5.64. The predicted molar refractivity (Wildman–Crippen MR) is 105 cm³/mol. The maximum absolute atomic E-state index is 12.4. The van der Waals surface area contributed by atoms with Crippen LogP contribution in [-0.4, -0.2) is 31.4 Å². The first-order valence-electron chi connectivity index (χ1n) is 8.83. The van der Waals surface area contributed by atoms with Gasteiger partial charge in [-0.2, -0.15) is 5.10 Å². The van der Waals surface area contributed by atoms with Gasteiger partial charge < -0.3 is 19.9 Å². The SMILES string of the molecule is CCCOc1ccc(C(=O)Oc2ccc(/C=N\NC(N)=O)cc2OCC)cc1. The van der Waals surface area contributed by atoms with Gasteiger partial charge in [0.1, 0.15) is 5.75 Å². The zero-order valence-corrected chi connectivity index (χ0v) is 15.8. The highest BCUT2D eigenvalue weighted by Crippen LogP contribution is 2.29. The monoisotopic (exact) mass is 385 g/mol. The fourth-order valence-electron chi connectivity index (χ4n) is 2.19. The number of urea groups is 1. The second-order valence-corrected chi connectivity index (χ2v) is 5.64. The molecule has 28 heavy (non-hydrogen) atoms. The Labute approximate surface area is 163 Å². The molecule has 0 fully saturated rings. The summed E-state index contributed by atoms with van der Waals surface area (Å²) < 4.78 is 16.5. The molecule has 0 spiro atoms. The first-order valence-corrected chi connectivity index (χ1v) is 8.83. The standard InChI is InChI=1S/C20H23N3O5/c1-3-11-27-16-8-6-15(7-9-16)19(24)28-17-10-5-14(12-18(17)26-4-2)13-22-23-20(21)25/h5-10,12-13H,3-4,11H2,1-2H3,(H3,21,23,25)/b22-13-. The lowest BCUT2D eigenvalue weighted by atomic mass is 10.2. The number of carbonyl (C=O) groups is 2. The number of hydrogen-bond acceptors (Lipinski definition) is 6. The highest BCUT2D eigenvalue weighted by atomic mass is 16.6. The Hall–Kier alpha value is -3.55. The van der Waals surface area contributed by atoms with Gasteiger partial charge in [-0.25, -0.2) is 15.0 Å². The minimum absolute atomic E-state index is 0.276. The summed E-state index contributed by atoms with van der Waals surface area (Å²) >= 11 is 0. The first-order chi connectivity index (χ1) is 13.5. The van der Waals surface area contributed by atoms with Crippen LogP contribution in [0.5, 0.6) is 17.2 Å². The van der Waals surface area contributed by atoms with Crippen molar-refractivity contribution >= 4 is 18.2 Å². The lowest BCUT2D eigenvalue weighted by Crippen LogP contribution is -2.24. The number of esters is 1. The van der Waals surface area contributed by atoms with Crippen LogP contribution in [0.2, 0.25) is 0 Å². The van der Waals surface area contributed by atoms with Crippen molar-refractivity contribution in [3.63, 3.8) is 0 Å². The molecule has 0 atom stereocenters. The van der Waals surface area contributed by atoms with Gasteiger partial charge in [-0.3, -0.25) is 0 Å². The van der Waals surface area contributed by atoms with Gasteiger partial charge in [-0.05, 0) is 61.4 Å². The van der Waals surface area contributed by atoms with E-state index in [0.29, 0.717) is 35.8 Å². The van der Waals surface area contributed by atoms with Crippen molar-refractivity contribution in [3.8, 4) is 17.2 Å². The normalized spacial score (nSPS) is 10.5. The van der Waals surface area contributed by atoms with Gasteiger partial charge >= 0.3 is 12.0 Å². The molecule has 0 aliphatic rings. The molecule has 8 nitrogen and oxygen atoms in total. The number of primary amides is 1. The smallest absolute Gasteiger partial charge is 0.343 e. The minimum Gasteiger partial charge on any atom is -0.494 e. The summed E-state index contributed by atoms with van der Waals surface area (Å²) in [5.74, 6) is 0.835. The third-order valence-electron chi connectivity index (χ3n) is 3.42. The zero-order valence-electron chi connectivity index (χ0n) is 15.8. The number of nitrogens with zero attached hydrogens (tertiary/aromatic N) is 1. The number of carbonyl (C=O) groups excluding carboxylic acids is 2. The topological polar surface area (TPSA) is 112 Å². The summed E-state index contributed by atoms with van der Waals surface area (Å²) in [6.45, 7) is 4.84. The van der Waals surface area contributed by atoms with Crippen LogP contribution in [0, 0.1) is 0 Å². The van der Waals surface area contributed by atoms with Crippen molar-refractivity contribution in [3.05, 3.63) is 53.6 Å². The van der Waals surface area contributed by atoms with E-state index in [4.69, 9.17) is 19.9 Å². The Morgan fingerprint density at radius 2 is 1.82 bits per heavy atom. The molecular formula is C20H23N3O5. The Bertz CT molecular complexity index is 834. The number of nitrogens with two attached hydrogens (primary N) is 1. The van der Waals surface area contributed by atoms with Gasteiger partial charge in [0.05, 0.1) is 25.0 Å². The summed E-state index contributed by atoms with van der Waals surface area (Å²) in [4.78, 5) is 23.1. The molecule has 2 aromatic carbocycles. The van der Waals surface area contributed by atoms with Gasteiger partial charge in [0.15, 0.2) is 11.5 Å². The quantitative estimate of drug-likeness (QED) is 0.298. The average molecular weight is 385 g/mol. The maximum atomic E-state index is 12.4. The fourth-order valence-corrected chi connectivity index (χ4v) is 2.19. The predicted octanol–water partition coefficient (Wildman–Crippen LogP) is 3.10. The first kappa shape index (κ1) is 20.8. The van der Waals surface area contributed by atoms with Crippen LogP contribution in [0.1, 0.15) is 36.2 Å². The molecule has 0 saturated carbocycles. The van der Waals surface area contributed by atoms with Gasteiger partial charge in [-0.15, -0.1) is 0 Å². The van der Waals surface area contributed by atoms with E-state index in [-0.39, 0.29) is 5.75 Å². The minimum atomic E-state index is -0.766. The highest BCUT2D eigenvalue weighted by Gasteiger charge is 2.13.